The van der Waals surface area contributed by atoms with Crippen LogP contribution in [0.3, 0.4) is 0 Å². The van der Waals surface area contributed by atoms with E-state index in [1.807, 2.05) is 24.3 Å². The number of ether oxygens (including phenoxy) is 1. The zero-order valence-corrected chi connectivity index (χ0v) is 19.5. The lowest BCUT2D eigenvalue weighted by Crippen LogP contribution is -2.55. The summed E-state index contributed by atoms with van der Waals surface area (Å²) in [6.45, 7) is -0.503. The van der Waals surface area contributed by atoms with Crippen molar-refractivity contribution in [3.05, 3.63) is 70.3 Å². The van der Waals surface area contributed by atoms with E-state index in [1.165, 1.54) is 0 Å². The summed E-state index contributed by atoms with van der Waals surface area (Å²) in [5.41, 5.74) is 2.60. The molecule has 5 N–H and O–H groups in total. The van der Waals surface area contributed by atoms with Crippen molar-refractivity contribution in [3.63, 3.8) is 0 Å². The van der Waals surface area contributed by atoms with Crippen molar-refractivity contribution in [1.82, 2.24) is 0 Å². The molecular weight excluding hydrogens is 446 g/mol. The maximum Gasteiger partial charge on any atom is 0.125 e. The van der Waals surface area contributed by atoms with Crippen LogP contribution in [-0.2, 0) is 11.2 Å². The first kappa shape index (κ1) is 25.3. The minimum atomic E-state index is -1.47. The Morgan fingerprint density at radius 2 is 1.66 bits per heavy atom. The van der Waals surface area contributed by atoms with Gasteiger partial charge in [0.2, 0.25) is 0 Å². The van der Waals surface area contributed by atoms with Crippen molar-refractivity contribution in [2.75, 3.05) is 6.61 Å². The van der Waals surface area contributed by atoms with Crippen LogP contribution in [0.4, 0.5) is 0 Å². The van der Waals surface area contributed by atoms with Crippen LogP contribution >= 0.6 is 0 Å². The van der Waals surface area contributed by atoms with E-state index in [4.69, 9.17) is 4.74 Å². The smallest absolute Gasteiger partial charge is 0.125 e. The third-order valence-electron chi connectivity index (χ3n) is 6.94. The lowest BCUT2D eigenvalue weighted by Gasteiger charge is -2.40. The highest BCUT2D eigenvalue weighted by molar-refractivity contribution is 5.45. The van der Waals surface area contributed by atoms with Crippen molar-refractivity contribution >= 4 is 0 Å². The van der Waals surface area contributed by atoms with Crippen LogP contribution < -0.4 is 0 Å². The van der Waals surface area contributed by atoms with Gasteiger partial charge in [0.1, 0.15) is 36.1 Å². The second-order valence-electron chi connectivity index (χ2n) is 9.49. The van der Waals surface area contributed by atoms with Crippen LogP contribution in [0.1, 0.15) is 66.0 Å². The maximum atomic E-state index is 10.6. The number of hydrogen-bond acceptors (Lipinski definition) is 7. The second-order valence-corrected chi connectivity index (χ2v) is 9.49. The zero-order valence-electron chi connectivity index (χ0n) is 19.5. The van der Waals surface area contributed by atoms with E-state index < -0.39 is 42.7 Å². The van der Waals surface area contributed by atoms with E-state index in [0.29, 0.717) is 30.4 Å². The molecule has 1 aliphatic heterocycles. The molecule has 1 saturated carbocycles. The van der Waals surface area contributed by atoms with Crippen LogP contribution in [0, 0.1) is 23.2 Å². The molecule has 35 heavy (non-hydrogen) atoms. The van der Waals surface area contributed by atoms with Crippen molar-refractivity contribution in [2.24, 2.45) is 0 Å². The van der Waals surface area contributed by atoms with Crippen molar-refractivity contribution in [1.29, 1.82) is 5.26 Å². The van der Waals surface area contributed by atoms with Gasteiger partial charge in [-0.3, -0.25) is 0 Å². The molecule has 7 nitrogen and oxygen atoms in total. The van der Waals surface area contributed by atoms with Gasteiger partial charge in [0.05, 0.1) is 18.2 Å². The molecule has 0 radical (unpaired) electrons. The van der Waals surface area contributed by atoms with Crippen LogP contribution in [0.15, 0.2) is 42.5 Å². The molecule has 0 amide bonds. The standard InChI is InChI=1S/C28H31NO6/c29-16-21-9-8-20(27-26(33)25(32)24(31)23(17-30)35-27)15-22(21)14-19-6-4-18(5-7-19)10-13-28(34)11-2-1-3-12-28/h4-9,15,23-27,30-34H,1-3,11-12,14,17H2/t23-,24-,25+,26-,27+/m1/s1. The number of aliphatic hydroxyl groups excluding tert-OH is 4. The Kier molecular flexibility index (Phi) is 7.88. The number of benzene rings is 2. The topological polar surface area (TPSA) is 134 Å². The first-order valence-corrected chi connectivity index (χ1v) is 12.0. The van der Waals surface area contributed by atoms with Crippen LogP contribution in [0.2, 0.25) is 0 Å². The molecule has 2 aromatic rings. The minimum absolute atomic E-state index is 0.450. The highest BCUT2D eigenvalue weighted by Gasteiger charge is 2.44. The Balaban J connectivity index is 1.52. The summed E-state index contributed by atoms with van der Waals surface area (Å²) in [4.78, 5) is 0. The van der Waals surface area contributed by atoms with E-state index in [2.05, 4.69) is 17.9 Å². The van der Waals surface area contributed by atoms with Gasteiger partial charge in [0.15, 0.2) is 0 Å². The highest BCUT2D eigenvalue weighted by atomic mass is 16.5. The lowest BCUT2D eigenvalue weighted by molar-refractivity contribution is -0.231. The fourth-order valence-corrected chi connectivity index (χ4v) is 4.80. The summed E-state index contributed by atoms with van der Waals surface area (Å²) in [5, 5.41) is 60.3. The Hall–Kier alpha value is -2.75. The first-order valence-electron chi connectivity index (χ1n) is 12.0. The average molecular weight is 478 g/mol. The predicted molar refractivity (Wildman–Crippen MR) is 128 cm³/mol. The van der Waals surface area contributed by atoms with Gasteiger partial charge in [-0.2, -0.15) is 5.26 Å². The molecule has 7 heteroatoms. The molecule has 0 spiro atoms. The molecule has 1 heterocycles. The van der Waals surface area contributed by atoms with Crippen molar-refractivity contribution in [3.8, 4) is 17.9 Å². The summed E-state index contributed by atoms with van der Waals surface area (Å²) in [5.74, 6) is 6.12. The van der Waals surface area contributed by atoms with E-state index in [1.54, 1.807) is 18.2 Å². The number of rotatable bonds is 4. The molecular formula is C28H31NO6. The van der Waals surface area contributed by atoms with Gasteiger partial charge in [-0.15, -0.1) is 0 Å². The molecule has 1 aliphatic carbocycles. The molecule has 0 aromatic heterocycles. The highest BCUT2D eigenvalue weighted by Crippen LogP contribution is 2.33. The summed E-state index contributed by atoms with van der Waals surface area (Å²) in [6.07, 6.45) is -1.24. The van der Waals surface area contributed by atoms with Gasteiger partial charge in [0, 0.05) is 5.56 Å². The lowest BCUT2D eigenvalue weighted by atomic mass is 9.85. The van der Waals surface area contributed by atoms with E-state index in [0.717, 1.165) is 36.0 Å². The van der Waals surface area contributed by atoms with Gasteiger partial charge in [-0.1, -0.05) is 42.5 Å². The Morgan fingerprint density at radius 3 is 2.31 bits per heavy atom. The maximum absolute atomic E-state index is 10.6. The van der Waals surface area contributed by atoms with Crippen molar-refractivity contribution in [2.45, 2.75) is 74.6 Å². The monoisotopic (exact) mass is 477 g/mol. The van der Waals surface area contributed by atoms with Gasteiger partial charge >= 0.3 is 0 Å². The van der Waals surface area contributed by atoms with E-state index in [-0.39, 0.29) is 0 Å². The third-order valence-corrected chi connectivity index (χ3v) is 6.94. The van der Waals surface area contributed by atoms with Crippen LogP contribution in [-0.4, -0.2) is 62.2 Å². The summed E-state index contributed by atoms with van der Waals surface area (Å²) in [7, 11) is 0. The number of nitrogens with zero attached hydrogens (tertiary/aromatic N) is 1. The molecule has 2 aromatic carbocycles. The summed E-state index contributed by atoms with van der Waals surface area (Å²) in [6, 6.07) is 14.8. The zero-order chi connectivity index (χ0) is 25.0. The second kappa shape index (κ2) is 10.9. The largest absolute Gasteiger partial charge is 0.394 e. The van der Waals surface area contributed by atoms with Gasteiger partial charge in [0.25, 0.3) is 0 Å². The van der Waals surface area contributed by atoms with Gasteiger partial charge in [-0.25, -0.2) is 0 Å². The molecule has 4 rings (SSSR count). The number of aliphatic hydroxyl groups is 5. The number of hydrogen-bond donors (Lipinski definition) is 5. The Bertz CT molecular complexity index is 1120. The van der Waals surface area contributed by atoms with E-state index >= 15 is 0 Å². The molecule has 184 valence electrons. The molecule has 2 fully saturated rings. The molecule has 5 atom stereocenters. The van der Waals surface area contributed by atoms with Gasteiger partial charge < -0.3 is 30.3 Å². The van der Waals surface area contributed by atoms with Crippen LogP contribution in [0.5, 0.6) is 0 Å². The molecule has 0 unspecified atom stereocenters. The van der Waals surface area contributed by atoms with Gasteiger partial charge in [-0.05, 0) is 67.0 Å². The minimum Gasteiger partial charge on any atom is -0.394 e. The first-order chi connectivity index (χ1) is 16.8. The van der Waals surface area contributed by atoms with Crippen molar-refractivity contribution < 1.29 is 30.3 Å². The molecule has 2 aliphatic rings. The molecule has 0 bridgehead atoms. The SMILES string of the molecule is N#Cc1ccc([C@@H]2O[C@H](CO)[C@@H](O)[C@H](O)[C@H]2O)cc1Cc1ccc(C#CC2(O)CCCCC2)cc1. The summed E-state index contributed by atoms with van der Waals surface area (Å²) < 4.78 is 5.67. The Morgan fingerprint density at radius 1 is 0.943 bits per heavy atom. The summed E-state index contributed by atoms with van der Waals surface area (Å²) >= 11 is 0. The Labute approximate surface area is 205 Å². The fourth-order valence-electron chi connectivity index (χ4n) is 4.80. The average Bonchev–Trinajstić information content (AvgIpc) is 2.87. The predicted octanol–water partition coefficient (Wildman–Crippen LogP) is 1.71. The normalized spacial score (nSPS) is 27.9. The quantitative estimate of drug-likeness (QED) is 0.423. The fraction of sp³-hybridized carbons (Fsp3) is 0.464. The number of nitriles is 1. The van der Waals surface area contributed by atoms with Crippen LogP contribution in [0.25, 0.3) is 0 Å². The third kappa shape index (κ3) is 5.74. The van der Waals surface area contributed by atoms with E-state index in [9.17, 15) is 30.8 Å². The molecule has 1 saturated heterocycles.